The first-order valence-corrected chi connectivity index (χ1v) is 12.6. The Morgan fingerprint density at radius 3 is 2.24 bits per heavy atom. The number of benzene rings is 1. The van der Waals surface area contributed by atoms with E-state index in [-0.39, 0.29) is 30.3 Å². The molecule has 0 radical (unpaired) electrons. The second-order valence-corrected chi connectivity index (χ2v) is 11.3. The molecule has 1 fully saturated rings. The zero-order chi connectivity index (χ0) is 24.4. The van der Waals surface area contributed by atoms with Gasteiger partial charge in [-0.25, -0.2) is 22.0 Å². The van der Waals surface area contributed by atoms with E-state index in [4.69, 9.17) is 5.73 Å². The maximum absolute atomic E-state index is 13.3. The normalized spacial score (nSPS) is 19.3. The van der Waals surface area contributed by atoms with Crippen LogP contribution in [0.1, 0.15) is 6.92 Å². The summed E-state index contributed by atoms with van der Waals surface area (Å²) < 4.78 is 82.5. The highest BCUT2D eigenvalue weighted by Gasteiger charge is 2.44. The number of sulfonamides is 1. The van der Waals surface area contributed by atoms with E-state index in [9.17, 15) is 25.8 Å². The summed E-state index contributed by atoms with van der Waals surface area (Å²) in [5, 5.41) is 0. The molecule has 0 aliphatic carbocycles. The van der Waals surface area contributed by atoms with Crippen molar-refractivity contribution in [2.45, 2.75) is 28.3 Å². The fraction of sp³-hybridized carbons (Fsp3) is 0.350. The summed E-state index contributed by atoms with van der Waals surface area (Å²) >= 11 is 0. The minimum Gasteiger partial charge on any atom is -0.384 e. The Kier molecular flexibility index (Phi) is 6.92. The lowest BCUT2D eigenvalue weighted by Crippen LogP contribution is -2.54. The van der Waals surface area contributed by atoms with Gasteiger partial charge in [0.15, 0.2) is 9.73 Å². The summed E-state index contributed by atoms with van der Waals surface area (Å²) in [4.78, 5) is 5.19. The number of aromatic nitrogens is 1. The number of rotatable bonds is 4. The Bertz CT molecular complexity index is 1290. The molecule has 3 rings (SSSR count). The van der Waals surface area contributed by atoms with Crippen molar-refractivity contribution >= 4 is 31.3 Å². The van der Waals surface area contributed by atoms with Gasteiger partial charge in [-0.3, -0.25) is 0 Å². The van der Waals surface area contributed by atoms with Crippen LogP contribution in [0.15, 0.2) is 56.7 Å². The van der Waals surface area contributed by atoms with Crippen LogP contribution in [0.2, 0.25) is 0 Å². The molecule has 0 spiro atoms. The van der Waals surface area contributed by atoms with E-state index in [1.165, 1.54) is 34.8 Å². The minimum atomic E-state index is -5.00. The van der Waals surface area contributed by atoms with Crippen LogP contribution in [0.25, 0.3) is 0 Å². The summed E-state index contributed by atoms with van der Waals surface area (Å²) in [5.41, 5.74) is 1.05. The second-order valence-electron chi connectivity index (χ2n) is 7.03. The first kappa shape index (κ1) is 24.8. The van der Waals surface area contributed by atoms with E-state index in [0.717, 1.165) is 19.2 Å². The summed E-state index contributed by atoms with van der Waals surface area (Å²) in [7, 11) is -7.55. The SMILES string of the molecule is CC#C[C@H]1CN(S(=O)(=O)c2ccc(N)nc2)CCN1c1ccc(S(=O)(=NC)C(F)(F)F)cc1. The number of piperazine rings is 1. The Hall–Kier alpha value is -2.82. The Morgan fingerprint density at radius 1 is 1.09 bits per heavy atom. The topological polar surface area (TPSA) is 109 Å². The largest absolute Gasteiger partial charge is 0.483 e. The maximum Gasteiger partial charge on any atom is 0.483 e. The maximum atomic E-state index is 13.3. The van der Waals surface area contributed by atoms with Gasteiger partial charge in [0.2, 0.25) is 10.0 Å². The number of alkyl halides is 3. The molecule has 0 bridgehead atoms. The van der Waals surface area contributed by atoms with Gasteiger partial charge in [-0.1, -0.05) is 5.92 Å². The third-order valence-corrected chi connectivity index (χ3v) is 9.01. The monoisotopic (exact) mass is 501 g/mol. The number of nitrogens with zero attached hydrogens (tertiary/aromatic N) is 4. The third kappa shape index (κ3) is 4.78. The van der Waals surface area contributed by atoms with Gasteiger partial charge in [-0.2, -0.15) is 17.5 Å². The first-order valence-electron chi connectivity index (χ1n) is 9.66. The van der Waals surface area contributed by atoms with Crippen LogP contribution in [-0.4, -0.2) is 60.1 Å². The highest BCUT2D eigenvalue weighted by molar-refractivity contribution is 7.94. The molecule has 1 aliphatic rings. The first-order chi connectivity index (χ1) is 15.4. The lowest BCUT2D eigenvalue weighted by molar-refractivity contribution is -0.0403. The van der Waals surface area contributed by atoms with Gasteiger partial charge in [0.05, 0.1) is 4.90 Å². The van der Waals surface area contributed by atoms with E-state index < -0.39 is 36.2 Å². The highest BCUT2D eigenvalue weighted by Crippen LogP contribution is 2.34. The number of nitrogens with two attached hydrogens (primary N) is 1. The van der Waals surface area contributed by atoms with Gasteiger partial charge in [-0.05, 0) is 43.3 Å². The molecule has 1 aromatic heterocycles. The van der Waals surface area contributed by atoms with E-state index in [2.05, 4.69) is 21.2 Å². The van der Waals surface area contributed by atoms with Gasteiger partial charge in [-0.15, -0.1) is 5.92 Å². The van der Waals surface area contributed by atoms with Crippen LogP contribution < -0.4 is 10.6 Å². The van der Waals surface area contributed by atoms with Crippen LogP contribution in [0.3, 0.4) is 0 Å². The van der Waals surface area contributed by atoms with E-state index in [0.29, 0.717) is 5.69 Å². The average molecular weight is 502 g/mol. The van der Waals surface area contributed by atoms with E-state index in [1.807, 2.05) is 0 Å². The summed E-state index contributed by atoms with van der Waals surface area (Å²) in [6, 6.07) is 7.29. The molecule has 178 valence electrons. The minimum absolute atomic E-state index is 0.00272. The predicted molar refractivity (Wildman–Crippen MR) is 119 cm³/mol. The van der Waals surface area contributed by atoms with Gasteiger partial charge in [0, 0.05) is 38.6 Å². The quantitative estimate of drug-likeness (QED) is 0.645. The van der Waals surface area contributed by atoms with E-state index >= 15 is 0 Å². The van der Waals surface area contributed by atoms with Crippen molar-refractivity contribution in [2.75, 3.05) is 37.3 Å². The van der Waals surface area contributed by atoms with Gasteiger partial charge in [0.25, 0.3) is 0 Å². The molecule has 0 amide bonds. The van der Waals surface area contributed by atoms with E-state index in [1.54, 1.807) is 11.8 Å². The number of nitrogen functional groups attached to an aromatic ring is 1. The molecule has 0 saturated carbocycles. The van der Waals surface area contributed by atoms with Crippen molar-refractivity contribution in [3.63, 3.8) is 0 Å². The van der Waals surface area contributed by atoms with Crippen molar-refractivity contribution < 1.29 is 25.8 Å². The molecule has 8 nitrogen and oxygen atoms in total. The molecule has 2 N–H and O–H groups in total. The van der Waals surface area contributed by atoms with Crippen molar-refractivity contribution in [2.24, 2.45) is 4.36 Å². The van der Waals surface area contributed by atoms with Crippen LogP contribution >= 0.6 is 0 Å². The molecule has 2 heterocycles. The van der Waals surface area contributed by atoms with Gasteiger partial charge in [0.1, 0.15) is 16.8 Å². The summed E-state index contributed by atoms with van der Waals surface area (Å²) in [5.74, 6) is 5.92. The van der Waals surface area contributed by atoms with Crippen molar-refractivity contribution in [1.82, 2.24) is 9.29 Å². The molecule has 33 heavy (non-hydrogen) atoms. The number of pyridine rings is 1. The molecule has 1 aromatic carbocycles. The van der Waals surface area contributed by atoms with Gasteiger partial charge < -0.3 is 10.6 Å². The molecule has 2 aromatic rings. The molecular weight excluding hydrogens is 479 g/mol. The number of anilines is 2. The Balaban J connectivity index is 1.88. The standard InChI is InChI=1S/C20H22F3N5O3S2/c1-3-4-16-14-27(33(30,31)18-9-10-19(24)26-13-18)11-12-28(16)15-5-7-17(8-6-15)32(29,25-2)20(21,22)23/h5-10,13,16H,11-12,14H2,1-2H3,(H2,24,26)/t16-,32?/m0/s1. The van der Waals surface area contributed by atoms with Crippen LogP contribution in [0, 0.1) is 11.8 Å². The van der Waals surface area contributed by atoms with Crippen molar-refractivity contribution in [1.29, 1.82) is 0 Å². The zero-order valence-electron chi connectivity index (χ0n) is 17.8. The Morgan fingerprint density at radius 2 is 1.73 bits per heavy atom. The molecule has 13 heteroatoms. The molecule has 1 unspecified atom stereocenters. The van der Waals surface area contributed by atoms with Crippen molar-refractivity contribution in [3.8, 4) is 11.8 Å². The summed E-state index contributed by atoms with van der Waals surface area (Å²) in [6.45, 7) is 2.02. The Labute approximate surface area is 190 Å². The zero-order valence-corrected chi connectivity index (χ0v) is 19.4. The van der Waals surface area contributed by atoms with Crippen LogP contribution in [0.4, 0.5) is 24.7 Å². The lowest BCUT2D eigenvalue weighted by atomic mass is 10.1. The second kappa shape index (κ2) is 9.20. The third-order valence-electron chi connectivity index (χ3n) is 5.11. The molecule has 1 saturated heterocycles. The average Bonchev–Trinajstić information content (AvgIpc) is 2.78. The number of halogens is 3. The number of hydrogen-bond acceptors (Lipinski definition) is 7. The lowest BCUT2D eigenvalue weighted by Gasteiger charge is -2.39. The predicted octanol–water partition coefficient (Wildman–Crippen LogP) is 2.54. The molecule has 2 atom stereocenters. The number of hydrogen-bond donors (Lipinski definition) is 1. The fourth-order valence-corrected chi connectivity index (χ4v) is 6.01. The summed E-state index contributed by atoms with van der Waals surface area (Å²) in [6.07, 6.45) is 1.19. The molecule has 1 aliphatic heterocycles. The van der Waals surface area contributed by atoms with Crippen LogP contribution in [-0.2, 0) is 19.8 Å². The fourth-order valence-electron chi connectivity index (χ4n) is 3.43. The molecular formula is C20H22F3N5O3S2. The van der Waals surface area contributed by atoms with Crippen molar-refractivity contribution in [3.05, 3.63) is 42.6 Å². The smallest absolute Gasteiger partial charge is 0.384 e. The van der Waals surface area contributed by atoms with Gasteiger partial charge >= 0.3 is 5.51 Å². The van der Waals surface area contributed by atoms with Crippen LogP contribution in [0.5, 0.6) is 0 Å². The highest BCUT2D eigenvalue weighted by atomic mass is 32.2.